The molecule has 1 unspecified atom stereocenters. The van der Waals surface area contributed by atoms with Gasteiger partial charge in [0.25, 0.3) is 0 Å². The van der Waals surface area contributed by atoms with Crippen molar-refractivity contribution in [2.75, 3.05) is 11.1 Å². The number of aliphatic hydroxyl groups excluding tert-OH is 1. The van der Waals surface area contributed by atoms with Gasteiger partial charge in [0.2, 0.25) is 15.9 Å². The van der Waals surface area contributed by atoms with E-state index in [0.717, 1.165) is 0 Å². The zero-order valence-corrected chi connectivity index (χ0v) is 12.4. The lowest BCUT2D eigenvalue weighted by atomic mass is 10.2. The Morgan fingerprint density at radius 3 is 2.70 bits per heavy atom. The van der Waals surface area contributed by atoms with E-state index in [-0.39, 0.29) is 12.4 Å². The molecule has 1 aromatic rings. The highest BCUT2D eigenvalue weighted by Gasteiger charge is 2.19. The lowest BCUT2D eigenvalue weighted by Gasteiger charge is -2.14. The van der Waals surface area contributed by atoms with Gasteiger partial charge in [-0.25, -0.2) is 13.1 Å². The number of sulfonamides is 1. The van der Waals surface area contributed by atoms with E-state index in [1.54, 1.807) is 31.2 Å². The molecule has 0 aliphatic carbocycles. The highest BCUT2D eigenvalue weighted by molar-refractivity contribution is 7.89. The molecular formula is C13H20N2O4S. The number of carbonyl (C=O) groups is 1. The monoisotopic (exact) mass is 300 g/mol. The number of carbonyl (C=O) groups excluding carboxylic acids is 1. The van der Waals surface area contributed by atoms with E-state index in [9.17, 15) is 13.2 Å². The highest BCUT2D eigenvalue weighted by atomic mass is 32.2. The van der Waals surface area contributed by atoms with Crippen LogP contribution in [0.25, 0.3) is 0 Å². The standard InChI is InChI=1S/C13H20N2O4S/c1-3-7-20(18,19)15-10(2)13(17)14-12-6-4-5-11(8-12)9-16/h4-6,8,10,15-16H,3,7,9H2,1-2H3,(H,14,17). The maximum absolute atomic E-state index is 11.9. The summed E-state index contributed by atoms with van der Waals surface area (Å²) in [4.78, 5) is 11.9. The fraction of sp³-hybridized carbons (Fsp3) is 0.462. The SMILES string of the molecule is CCCS(=O)(=O)NC(C)C(=O)Nc1cccc(CO)c1. The summed E-state index contributed by atoms with van der Waals surface area (Å²) in [6.45, 7) is 3.12. The maximum Gasteiger partial charge on any atom is 0.242 e. The Morgan fingerprint density at radius 1 is 1.40 bits per heavy atom. The number of amides is 1. The molecule has 1 amide bonds. The number of hydrogen-bond donors (Lipinski definition) is 3. The Morgan fingerprint density at radius 2 is 2.10 bits per heavy atom. The predicted molar refractivity (Wildman–Crippen MR) is 77.7 cm³/mol. The van der Waals surface area contributed by atoms with E-state index in [4.69, 9.17) is 5.11 Å². The first-order valence-corrected chi connectivity index (χ1v) is 8.04. The molecule has 3 N–H and O–H groups in total. The molecule has 0 saturated heterocycles. The lowest BCUT2D eigenvalue weighted by Crippen LogP contribution is -2.42. The second-order valence-electron chi connectivity index (χ2n) is 4.51. The van der Waals surface area contributed by atoms with Crippen molar-refractivity contribution in [1.29, 1.82) is 0 Å². The number of benzene rings is 1. The molecule has 1 atom stereocenters. The van der Waals surface area contributed by atoms with E-state index < -0.39 is 22.0 Å². The zero-order valence-electron chi connectivity index (χ0n) is 11.6. The first-order valence-electron chi connectivity index (χ1n) is 6.38. The summed E-state index contributed by atoms with van der Waals surface area (Å²) in [6, 6.07) is 5.87. The van der Waals surface area contributed by atoms with E-state index in [1.165, 1.54) is 6.92 Å². The van der Waals surface area contributed by atoms with Gasteiger partial charge in [0.1, 0.15) is 0 Å². The van der Waals surface area contributed by atoms with Gasteiger partial charge in [-0.3, -0.25) is 4.79 Å². The highest BCUT2D eigenvalue weighted by Crippen LogP contribution is 2.11. The molecule has 0 spiro atoms. The molecule has 0 aromatic heterocycles. The minimum Gasteiger partial charge on any atom is -0.392 e. The molecule has 1 rings (SSSR count). The molecule has 0 radical (unpaired) electrons. The van der Waals surface area contributed by atoms with Crippen LogP contribution in [-0.2, 0) is 21.4 Å². The van der Waals surface area contributed by atoms with E-state index in [0.29, 0.717) is 17.7 Å². The van der Waals surface area contributed by atoms with Crippen molar-refractivity contribution >= 4 is 21.6 Å². The molecule has 112 valence electrons. The largest absolute Gasteiger partial charge is 0.392 e. The average Bonchev–Trinajstić information content (AvgIpc) is 2.38. The van der Waals surface area contributed by atoms with E-state index >= 15 is 0 Å². The third-order valence-electron chi connectivity index (χ3n) is 2.60. The van der Waals surface area contributed by atoms with Crippen molar-refractivity contribution in [2.24, 2.45) is 0 Å². The average molecular weight is 300 g/mol. The summed E-state index contributed by atoms with van der Waals surface area (Å²) in [7, 11) is -3.43. The van der Waals surface area contributed by atoms with Crippen LogP contribution in [0.4, 0.5) is 5.69 Å². The van der Waals surface area contributed by atoms with Gasteiger partial charge in [-0.2, -0.15) is 0 Å². The Hall–Kier alpha value is -1.44. The number of rotatable bonds is 7. The molecule has 0 heterocycles. The van der Waals surface area contributed by atoms with Gasteiger partial charge in [0.15, 0.2) is 0 Å². The van der Waals surface area contributed by atoms with Crippen molar-refractivity contribution in [2.45, 2.75) is 32.9 Å². The van der Waals surface area contributed by atoms with Gasteiger partial charge < -0.3 is 10.4 Å². The van der Waals surface area contributed by atoms with Crippen molar-refractivity contribution < 1.29 is 18.3 Å². The third-order valence-corrected chi connectivity index (χ3v) is 4.26. The molecule has 0 fully saturated rings. The molecule has 0 aliphatic heterocycles. The fourth-order valence-corrected chi connectivity index (χ4v) is 2.95. The second kappa shape index (κ2) is 7.37. The van der Waals surface area contributed by atoms with Crippen molar-refractivity contribution in [1.82, 2.24) is 4.72 Å². The second-order valence-corrected chi connectivity index (χ2v) is 6.38. The summed E-state index contributed by atoms with van der Waals surface area (Å²) in [5, 5.41) is 11.6. The van der Waals surface area contributed by atoms with Gasteiger partial charge in [-0.1, -0.05) is 19.1 Å². The Bertz CT molecular complexity index is 557. The quantitative estimate of drug-likeness (QED) is 0.695. The normalized spacial score (nSPS) is 12.9. The summed E-state index contributed by atoms with van der Waals surface area (Å²) in [6.07, 6.45) is 0.488. The minimum atomic E-state index is -3.43. The van der Waals surface area contributed by atoms with E-state index in [2.05, 4.69) is 10.0 Å². The van der Waals surface area contributed by atoms with Crippen LogP contribution < -0.4 is 10.0 Å². The first kappa shape index (κ1) is 16.6. The first-order chi connectivity index (χ1) is 9.38. The Kier molecular flexibility index (Phi) is 6.12. The van der Waals surface area contributed by atoms with Gasteiger partial charge in [-0.15, -0.1) is 0 Å². The molecular weight excluding hydrogens is 280 g/mol. The summed E-state index contributed by atoms with van der Waals surface area (Å²) in [5.74, 6) is -0.454. The summed E-state index contributed by atoms with van der Waals surface area (Å²) in [5.41, 5.74) is 1.19. The third kappa shape index (κ3) is 5.28. The molecule has 20 heavy (non-hydrogen) atoms. The van der Waals surface area contributed by atoms with Crippen LogP contribution in [0.3, 0.4) is 0 Å². The Labute approximate surface area is 119 Å². The van der Waals surface area contributed by atoms with Gasteiger partial charge in [0.05, 0.1) is 18.4 Å². The van der Waals surface area contributed by atoms with Crippen LogP contribution in [0.2, 0.25) is 0 Å². The van der Waals surface area contributed by atoms with Gasteiger partial charge >= 0.3 is 0 Å². The molecule has 0 aliphatic rings. The van der Waals surface area contributed by atoms with Crippen LogP contribution in [0.5, 0.6) is 0 Å². The van der Waals surface area contributed by atoms with Crippen LogP contribution in [-0.4, -0.2) is 31.2 Å². The topological polar surface area (TPSA) is 95.5 Å². The van der Waals surface area contributed by atoms with Crippen molar-refractivity contribution in [3.63, 3.8) is 0 Å². The Balaban J connectivity index is 2.66. The molecule has 0 bridgehead atoms. The fourth-order valence-electron chi connectivity index (χ4n) is 1.65. The van der Waals surface area contributed by atoms with Crippen LogP contribution in [0, 0.1) is 0 Å². The predicted octanol–water partition coefficient (Wildman–Crippen LogP) is 0.835. The number of anilines is 1. The zero-order chi connectivity index (χ0) is 15.2. The molecule has 6 nitrogen and oxygen atoms in total. The molecule has 0 saturated carbocycles. The smallest absolute Gasteiger partial charge is 0.242 e. The van der Waals surface area contributed by atoms with Crippen molar-refractivity contribution in [3.05, 3.63) is 29.8 Å². The van der Waals surface area contributed by atoms with Gasteiger partial charge in [0, 0.05) is 5.69 Å². The number of hydrogen-bond acceptors (Lipinski definition) is 4. The maximum atomic E-state index is 11.9. The van der Waals surface area contributed by atoms with Crippen LogP contribution in [0.1, 0.15) is 25.8 Å². The van der Waals surface area contributed by atoms with Crippen molar-refractivity contribution in [3.8, 4) is 0 Å². The molecule has 7 heteroatoms. The summed E-state index contributed by atoms with van der Waals surface area (Å²) < 4.78 is 25.5. The molecule has 1 aromatic carbocycles. The minimum absolute atomic E-state index is 0.00931. The van der Waals surface area contributed by atoms with Crippen LogP contribution in [0.15, 0.2) is 24.3 Å². The number of aliphatic hydroxyl groups is 1. The lowest BCUT2D eigenvalue weighted by molar-refractivity contribution is -0.117. The van der Waals surface area contributed by atoms with Gasteiger partial charge in [-0.05, 0) is 31.0 Å². The number of nitrogens with one attached hydrogen (secondary N) is 2. The summed E-state index contributed by atoms with van der Waals surface area (Å²) >= 11 is 0. The van der Waals surface area contributed by atoms with E-state index in [1.807, 2.05) is 0 Å². The van der Waals surface area contributed by atoms with Crippen LogP contribution >= 0.6 is 0 Å².